The number of carbonyl (C=O) groups excluding carboxylic acids is 2. The summed E-state index contributed by atoms with van der Waals surface area (Å²) in [4.78, 5) is 37.0. The van der Waals surface area contributed by atoms with Crippen LogP contribution in [0.2, 0.25) is 0 Å². The Bertz CT molecular complexity index is 1020. The van der Waals surface area contributed by atoms with Gasteiger partial charge in [0.15, 0.2) is 5.92 Å². The van der Waals surface area contributed by atoms with Gasteiger partial charge in [-0.1, -0.05) is 13.3 Å². The van der Waals surface area contributed by atoms with Crippen molar-refractivity contribution in [1.29, 1.82) is 5.26 Å². The fourth-order valence-electron chi connectivity index (χ4n) is 2.99. The molecule has 0 saturated heterocycles. The highest BCUT2D eigenvalue weighted by molar-refractivity contribution is 5.94. The van der Waals surface area contributed by atoms with Crippen LogP contribution in [0.4, 0.5) is 4.39 Å². The first-order valence-corrected chi connectivity index (χ1v) is 9.49. The van der Waals surface area contributed by atoms with Crippen molar-refractivity contribution in [1.82, 2.24) is 4.57 Å². The van der Waals surface area contributed by atoms with Crippen LogP contribution in [0, 0.1) is 17.1 Å². The third-order valence-corrected chi connectivity index (χ3v) is 4.41. The van der Waals surface area contributed by atoms with Crippen molar-refractivity contribution >= 4 is 22.8 Å². The van der Waals surface area contributed by atoms with Gasteiger partial charge in [0.2, 0.25) is 5.43 Å². The lowest BCUT2D eigenvalue weighted by Crippen LogP contribution is -2.22. The van der Waals surface area contributed by atoms with Crippen molar-refractivity contribution in [3.05, 3.63) is 45.5 Å². The van der Waals surface area contributed by atoms with Gasteiger partial charge in [0, 0.05) is 23.7 Å². The molecule has 29 heavy (non-hydrogen) atoms. The Kier molecular flexibility index (Phi) is 7.48. The molecule has 154 valence electrons. The van der Waals surface area contributed by atoms with E-state index >= 15 is 0 Å². The number of hydrogen-bond acceptors (Lipinski definition) is 6. The van der Waals surface area contributed by atoms with E-state index in [-0.39, 0.29) is 29.7 Å². The number of hydrogen-bond donors (Lipinski definition) is 0. The minimum atomic E-state index is -1.46. The van der Waals surface area contributed by atoms with E-state index in [1.165, 1.54) is 12.3 Å². The summed E-state index contributed by atoms with van der Waals surface area (Å²) in [6.45, 7) is 5.80. The minimum Gasteiger partial charge on any atom is -0.465 e. The summed E-state index contributed by atoms with van der Waals surface area (Å²) in [5, 5.41) is 9.35. The van der Waals surface area contributed by atoms with Gasteiger partial charge < -0.3 is 14.0 Å². The van der Waals surface area contributed by atoms with Crippen LogP contribution in [0.15, 0.2) is 23.1 Å². The minimum absolute atomic E-state index is 0.0199. The van der Waals surface area contributed by atoms with Gasteiger partial charge in [0.25, 0.3) is 0 Å². The van der Waals surface area contributed by atoms with Gasteiger partial charge in [-0.25, -0.2) is 9.18 Å². The number of fused-ring (bicyclic) bond motifs is 1. The number of nitrogens with zero attached hydrogens (tertiary/aromatic N) is 2. The number of nitriles is 1. The van der Waals surface area contributed by atoms with E-state index in [1.54, 1.807) is 24.5 Å². The third-order valence-electron chi connectivity index (χ3n) is 4.41. The number of aryl methyl sites for hydroxylation is 1. The summed E-state index contributed by atoms with van der Waals surface area (Å²) in [7, 11) is 0. The molecule has 0 amide bonds. The molecule has 0 fully saturated rings. The van der Waals surface area contributed by atoms with Gasteiger partial charge in [0.05, 0.1) is 24.8 Å². The van der Waals surface area contributed by atoms with Crippen molar-refractivity contribution in [2.75, 3.05) is 13.2 Å². The maximum Gasteiger partial charge on any atom is 0.343 e. The SMILES string of the molecule is CCCCn1cc(C(=O)OCC)c(=O)c2cc(F)c(C(C#N)C(=O)OCC)cc21. The molecular weight excluding hydrogens is 379 g/mol. The van der Waals surface area contributed by atoms with E-state index in [9.17, 15) is 24.0 Å². The van der Waals surface area contributed by atoms with Crippen LogP contribution in [0.1, 0.15) is 55.5 Å². The molecule has 0 aliphatic rings. The summed E-state index contributed by atoms with van der Waals surface area (Å²) in [5.74, 6) is -3.99. The van der Waals surface area contributed by atoms with E-state index in [0.717, 1.165) is 18.9 Å². The monoisotopic (exact) mass is 402 g/mol. The lowest BCUT2D eigenvalue weighted by atomic mass is 9.97. The molecule has 2 aromatic rings. The van der Waals surface area contributed by atoms with Crippen molar-refractivity contribution in [2.24, 2.45) is 0 Å². The molecular formula is C21H23FN2O5. The maximum atomic E-state index is 14.8. The average Bonchev–Trinajstić information content (AvgIpc) is 2.69. The number of aromatic nitrogens is 1. The highest BCUT2D eigenvalue weighted by atomic mass is 19.1. The van der Waals surface area contributed by atoms with Gasteiger partial charge in [-0.3, -0.25) is 9.59 Å². The molecule has 1 aromatic heterocycles. The Morgan fingerprint density at radius 3 is 2.48 bits per heavy atom. The lowest BCUT2D eigenvalue weighted by molar-refractivity contribution is -0.143. The lowest BCUT2D eigenvalue weighted by Gasteiger charge is -2.16. The third kappa shape index (κ3) is 4.62. The molecule has 1 atom stereocenters. The van der Waals surface area contributed by atoms with E-state index < -0.39 is 29.1 Å². The topological polar surface area (TPSA) is 98.4 Å². The van der Waals surface area contributed by atoms with Crippen molar-refractivity contribution < 1.29 is 23.5 Å². The van der Waals surface area contributed by atoms with Crippen LogP contribution >= 0.6 is 0 Å². The van der Waals surface area contributed by atoms with Crippen LogP contribution in [-0.4, -0.2) is 29.7 Å². The molecule has 2 rings (SSSR count). The van der Waals surface area contributed by atoms with Crippen LogP contribution in [0.3, 0.4) is 0 Å². The molecule has 0 aliphatic heterocycles. The Balaban J connectivity index is 2.76. The second-order valence-electron chi connectivity index (χ2n) is 6.34. The first-order chi connectivity index (χ1) is 13.9. The van der Waals surface area contributed by atoms with E-state index in [4.69, 9.17) is 9.47 Å². The number of esters is 2. The van der Waals surface area contributed by atoms with Crippen LogP contribution in [-0.2, 0) is 20.8 Å². The smallest absolute Gasteiger partial charge is 0.343 e. The molecule has 0 bridgehead atoms. The fourth-order valence-corrected chi connectivity index (χ4v) is 2.99. The Labute approximate surface area is 167 Å². The number of halogens is 1. The second-order valence-corrected chi connectivity index (χ2v) is 6.34. The number of ether oxygens (including phenoxy) is 2. The molecule has 0 saturated carbocycles. The van der Waals surface area contributed by atoms with E-state index in [1.807, 2.05) is 6.92 Å². The number of rotatable bonds is 8. The molecule has 0 aliphatic carbocycles. The molecule has 0 radical (unpaired) electrons. The average molecular weight is 402 g/mol. The van der Waals surface area contributed by atoms with Gasteiger partial charge in [-0.2, -0.15) is 5.26 Å². The predicted molar refractivity (Wildman–Crippen MR) is 104 cm³/mol. The summed E-state index contributed by atoms with van der Waals surface area (Å²) in [6, 6.07) is 4.02. The van der Waals surface area contributed by atoms with Crippen molar-refractivity contribution in [2.45, 2.75) is 46.1 Å². The molecule has 1 heterocycles. The largest absolute Gasteiger partial charge is 0.465 e. The zero-order valence-electron chi connectivity index (χ0n) is 16.7. The number of unbranched alkanes of at least 4 members (excludes halogenated alkanes) is 1. The zero-order valence-corrected chi connectivity index (χ0v) is 16.7. The first-order valence-electron chi connectivity index (χ1n) is 9.49. The first kappa shape index (κ1) is 22.1. The van der Waals surface area contributed by atoms with E-state index in [2.05, 4.69) is 0 Å². The Hall–Kier alpha value is -3.21. The molecule has 0 N–H and O–H groups in total. The van der Waals surface area contributed by atoms with Crippen LogP contribution < -0.4 is 5.43 Å². The molecule has 0 spiro atoms. The van der Waals surface area contributed by atoms with Gasteiger partial charge in [0.1, 0.15) is 11.4 Å². The van der Waals surface area contributed by atoms with Gasteiger partial charge >= 0.3 is 11.9 Å². The molecule has 1 unspecified atom stereocenters. The fraction of sp³-hybridized carbons (Fsp3) is 0.429. The van der Waals surface area contributed by atoms with Crippen molar-refractivity contribution in [3.63, 3.8) is 0 Å². The second kappa shape index (κ2) is 9.82. The maximum absolute atomic E-state index is 14.8. The molecule has 8 heteroatoms. The normalized spacial score (nSPS) is 11.7. The van der Waals surface area contributed by atoms with E-state index in [0.29, 0.717) is 12.1 Å². The quantitative estimate of drug-likeness (QED) is 0.629. The number of benzene rings is 1. The summed E-state index contributed by atoms with van der Waals surface area (Å²) >= 11 is 0. The highest BCUT2D eigenvalue weighted by Gasteiger charge is 2.27. The highest BCUT2D eigenvalue weighted by Crippen LogP contribution is 2.26. The van der Waals surface area contributed by atoms with Gasteiger partial charge in [-0.05, 0) is 32.4 Å². The number of carbonyl (C=O) groups is 2. The van der Waals surface area contributed by atoms with Gasteiger partial charge in [-0.15, -0.1) is 0 Å². The standard InChI is InChI=1S/C21H23FN2O5/c1-4-7-8-24-12-16(21(27)29-6-3)19(25)14-9-17(22)13(10-18(14)24)15(11-23)20(26)28-5-2/h9-10,12,15H,4-8H2,1-3H3. The number of pyridine rings is 1. The Morgan fingerprint density at radius 2 is 1.90 bits per heavy atom. The zero-order chi connectivity index (χ0) is 21.6. The Morgan fingerprint density at radius 1 is 1.21 bits per heavy atom. The molecule has 7 nitrogen and oxygen atoms in total. The van der Waals surface area contributed by atoms with Crippen LogP contribution in [0.25, 0.3) is 10.9 Å². The molecule has 1 aromatic carbocycles. The summed E-state index contributed by atoms with van der Waals surface area (Å²) in [5.41, 5.74) is -0.699. The van der Waals surface area contributed by atoms with Crippen LogP contribution in [0.5, 0.6) is 0 Å². The summed E-state index contributed by atoms with van der Waals surface area (Å²) < 4.78 is 26.2. The van der Waals surface area contributed by atoms with Crippen molar-refractivity contribution in [3.8, 4) is 6.07 Å². The predicted octanol–water partition coefficient (Wildman–Crippen LogP) is 3.29. The summed E-state index contributed by atoms with van der Waals surface area (Å²) in [6.07, 6.45) is 2.97.